The summed E-state index contributed by atoms with van der Waals surface area (Å²) in [5.41, 5.74) is 10.9. The summed E-state index contributed by atoms with van der Waals surface area (Å²) in [6.07, 6.45) is 9.90. The Hall–Kier alpha value is -4.22. The van der Waals surface area contributed by atoms with Gasteiger partial charge < -0.3 is 25.8 Å². The second-order valence-electron chi connectivity index (χ2n) is 8.85. The summed E-state index contributed by atoms with van der Waals surface area (Å²) in [7, 11) is 0. The molecule has 0 bridgehead atoms. The number of urea groups is 1. The summed E-state index contributed by atoms with van der Waals surface area (Å²) in [6.45, 7) is 0.179. The van der Waals surface area contributed by atoms with E-state index < -0.39 is 33.9 Å². The maximum Gasteiger partial charge on any atom is 0.420 e. The van der Waals surface area contributed by atoms with Crippen LogP contribution in [0.15, 0.2) is 42.5 Å². The predicted octanol–water partition coefficient (Wildman–Crippen LogP) is 1.36. The van der Waals surface area contributed by atoms with Crippen LogP contribution in [-0.2, 0) is 24.6 Å². The zero-order valence-electron chi connectivity index (χ0n) is 20.0. The number of carbonyl (C=O) groups is 3. The van der Waals surface area contributed by atoms with E-state index in [0.29, 0.717) is 12.2 Å². The van der Waals surface area contributed by atoms with Crippen LogP contribution < -0.4 is 20.9 Å². The van der Waals surface area contributed by atoms with Gasteiger partial charge in [0.1, 0.15) is 37.4 Å². The molecule has 10 heteroatoms. The van der Waals surface area contributed by atoms with Crippen molar-refractivity contribution in [2.45, 2.75) is 18.1 Å². The minimum Gasteiger partial charge on any atom is -0.370 e. The Kier molecular flexibility index (Phi) is 7.01. The molecule has 2 aromatic rings. The number of rotatable bonds is 6. The number of benzene rings is 2. The molecule has 37 heavy (non-hydrogen) atoms. The highest BCUT2D eigenvalue weighted by Crippen LogP contribution is 2.50. The largest absolute Gasteiger partial charge is 0.420 e. The number of nitrogens with zero attached hydrogens (tertiary/aromatic N) is 2. The summed E-state index contributed by atoms with van der Waals surface area (Å²) in [5.74, 6) is 2.70. The molecule has 0 radical (unpaired) electrons. The minimum atomic E-state index is -1.99. The van der Waals surface area contributed by atoms with Crippen molar-refractivity contribution in [3.05, 3.63) is 59.4 Å². The maximum absolute atomic E-state index is 16.0. The fraction of sp³-hybridized carbons (Fsp3) is 0.296. The normalized spacial score (nSPS) is 25.3. The van der Waals surface area contributed by atoms with Crippen molar-refractivity contribution in [1.82, 2.24) is 4.48 Å². The quantitative estimate of drug-likeness (QED) is 0.453. The van der Waals surface area contributed by atoms with E-state index in [-0.39, 0.29) is 55.6 Å². The first kappa shape index (κ1) is 25.9. The van der Waals surface area contributed by atoms with Crippen LogP contribution in [0.25, 0.3) is 0 Å². The Bertz CT molecular complexity index is 1330. The lowest BCUT2D eigenvalue weighted by Crippen LogP contribution is -2.70. The summed E-state index contributed by atoms with van der Waals surface area (Å²) in [4.78, 5) is 40.4. The number of carbonyl (C=O) groups excluding carboxylic acids is 3. The van der Waals surface area contributed by atoms with Crippen LogP contribution in [-0.4, -0.2) is 56.9 Å². The highest BCUT2D eigenvalue weighted by molar-refractivity contribution is 6.00. The third kappa shape index (κ3) is 4.11. The van der Waals surface area contributed by atoms with Crippen LogP contribution in [0.4, 0.5) is 20.6 Å². The standard InChI is InChI=1S/C27H25FN4O5/c1-3-12-37-21-15-27(25(29)34,32(16-21,26(30)35)20-8-5-18(4-2)6-9-20)22-10-7-19(14-23(22)28)31-11-13-36-17-24(31)33/h1-2,5-10,14,21H,11-13,15-17H2,(H3-,29,30,34,35)/p+1/t21-,27-,32?/m1/s1. The van der Waals surface area contributed by atoms with Crippen LogP contribution >= 0.6 is 0 Å². The van der Waals surface area contributed by atoms with E-state index in [4.69, 9.17) is 33.8 Å². The molecule has 1 unspecified atom stereocenters. The summed E-state index contributed by atoms with van der Waals surface area (Å²) in [6, 6.07) is 9.33. The molecule has 190 valence electrons. The molecule has 9 nitrogen and oxygen atoms in total. The molecule has 0 aliphatic carbocycles. The van der Waals surface area contributed by atoms with Crippen LogP contribution in [0.1, 0.15) is 17.5 Å². The van der Waals surface area contributed by atoms with E-state index in [0.717, 1.165) is 6.07 Å². The summed E-state index contributed by atoms with van der Waals surface area (Å²) >= 11 is 0. The number of anilines is 1. The number of terminal acetylenes is 2. The Morgan fingerprint density at radius 3 is 2.51 bits per heavy atom. The lowest BCUT2D eigenvalue weighted by molar-refractivity contribution is -0.128. The smallest absolute Gasteiger partial charge is 0.370 e. The third-order valence-corrected chi connectivity index (χ3v) is 7.01. The zero-order chi connectivity index (χ0) is 26.8. The van der Waals surface area contributed by atoms with Crippen LogP contribution in [0.3, 0.4) is 0 Å². The van der Waals surface area contributed by atoms with Crippen LogP contribution in [0.5, 0.6) is 0 Å². The topological polar surface area (TPSA) is 125 Å². The Morgan fingerprint density at radius 2 is 1.95 bits per heavy atom. The molecular formula is C27H26FN4O5+. The first-order valence-corrected chi connectivity index (χ1v) is 11.5. The Morgan fingerprint density at radius 1 is 1.22 bits per heavy atom. The molecule has 3 atom stereocenters. The van der Waals surface area contributed by atoms with E-state index in [1.54, 1.807) is 24.3 Å². The molecule has 2 saturated heterocycles. The fourth-order valence-electron chi connectivity index (χ4n) is 5.37. The zero-order valence-corrected chi connectivity index (χ0v) is 20.0. The lowest BCUT2D eigenvalue weighted by Gasteiger charge is -2.43. The highest BCUT2D eigenvalue weighted by Gasteiger charge is 2.69. The van der Waals surface area contributed by atoms with Gasteiger partial charge in [-0.05, 0) is 30.3 Å². The van der Waals surface area contributed by atoms with Gasteiger partial charge in [-0.25, -0.2) is 9.18 Å². The number of likely N-dealkylation sites (tertiary alicyclic amines) is 1. The summed E-state index contributed by atoms with van der Waals surface area (Å²) < 4.78 is 26.0. The highest BCUT2D eigenvalue weighted by atomic mass is 19.1. The van der Waals surface area contributed by atoms with E-state index >= 15 is 4.39 Å². The van der Waals surface area contributed by atoms with Crippen molar-refractivity contribution >= 4 is 29.2 Å². The molecule has 2 aliphatic heterocycles. The van der Waals surface area contributed by atoms with Crippen molar-refractivity contribution in [2.75, 3.05) is 37.8 Å². The number of quaternary nitrogens is 1. The van der Waals surface area contributed by atoms with E-state index in [9.17, 15) is 14.4 Å². The van der Waals surface area contributed by atoms with Crippen molar-refractivity contribution in [1.29, 1.82) is 0 Å². The van der Waals surface area contributed by atoms with Gasteiger partial charge >= 0.3 is 6.03 Å². The molecule has 2 aliphatic rings. The van der Waals surface area contributed by atoms with Gasteiger partial charge in [-0.1, -0.05) is 11.8 Å². The molecule has 2 aromatic carbocycles. The van der Waals surface area contributed by atoms with Gasteiger partial charge in [0.15, 0.2) is 0 Å². The maximum atomic E-state index is 16.0. The second-order valence-corrected chi connectivity index (χ2v) is 8.85. The van der Waals surface area contributed by atoms with E-state index in [1.807, 2.05) is 0 Å². The van der Waals surface area contributed by atoms with E-state index in [1.165, 1.54) is 17.0 Å². The molecule has 0 spiro atoms. The van der Waals surface area contributed by atoms with Gasteiger partial charge in [0.2, 0.25) is 5.54 Å². The van der Waals surface area contributed by atoms with Gasteiger partial charge in [0, 0.05) is 36.3 Å². The van der Waals surface area contributed by atoms with Crippen molar-refractivity contribution < 1.29 is 28.2 Å². The monoisotopic (exact) mass is 505 g/mol. The molecule has 4 rings (SSSR count). The first-order valence-electron chi connectivity index (χ1n) is 11.5. The summed E-state index contributed by atoms with van der Waals surface area (Å²) in [5, 5.41) is 0. The van der Waals surface area contributed by atoms with Gasteiger partial charge in [0.05, 0.1) is 12.2 Å². The average molecular weight is 506 g/mol. The second kappa shape index (κ2) is 10.0. The number of amides is 4. The van der Waals surface area contributed by atoms with Crippen molar-refractivity contribution in [3.63, 3.8) is 0 Å². The number of primary amides is 2. The molecule has 4 N–H and O–H groups in total. The van der Waals surface area contributed by atoms with Crippen molar-refractivity contribution in [2.24, 2.45) is 11.5 Å². The average Bonchev–Trinajstić information content (AvgIpc) is 3.25. The predicted molar refractivity (Wildman–Crippen MR) is 134 cm³/mol. The number of halogens is 1. The molecule has 0 saturated carbocycles. The third-order valence-electron chi connectivity index (χ3n) is 7.01. The van der Waals surface area contributed by atoms with Gasteiger partial charge in [-0.3, -0.25) is 9.59 Å². The number of ether oxygens (including phenoxy) is 2. The van der Waals surface area contributed by atoms with Gasteiger partial charge in [-0.2, -0.15) is 4.48 Å². The van der Waals surface area contributed by atoms with Crippen molar-refractivity contribution in [3.8, 4) is 24.7 Å². The van der Waals surface area contributed by atoms with Crippen LogP contribution in [0, 0.1) is 30.5 Å². The first-order chi connectivity index (χ1) is 17.7. The lowest BCUT2D eigenvalue weighted by atomic mass is 9.82. The molecule has 2 heterocycles. The van der Waals surface area contributed by atoms with E-state index in [2.05, 4.69) is 11.8 Å². The fourth-order valence-corrected chi connectivity index (χ4v) is 5.37. The molecule has 4 amide bonds. The number of morpholine rings is 1. The molecule has 0 aromatic heterocycles. The molecule has 2 fully saturated rings. The molecular weight excluding hydrogens is 479 g/mol. The Labute approximate surface area is 213 Å². The van der Waals surface area contributed by atoms with Crippen LogP contribution in [0.2, 0.25) is 0 Å². The van der Waals surface area contributed by atoms with Gasteiger partial charge in [0.25, 0.3) is 11.8 Å². The number of nitrogens with two attached hydrogens (primary N) is 2. The minimum absolute atomic E-state index is 0.102. The number of hydrogen-bond acceptors (Lipinski definition) is 5. The SMILES string of the molecule is C#CCO[C@@H]1C[C@](C(N)=O)(c2ccc(N3CCOCC3=O)cc2F)[N+](C(N)=O)(c2ccc(C#C)cc2)C1. The van der Waals surface area contributed by atoms with Gasteiger partial charge in [-0.15, -0.1) is 12.8 Å². The number of hydrogen-bond donors (Lipinski definition) is 2. The Balaban J connectivity index is 1.94.